The summed E-state index contributed by atoms with van der Waals surface area (Å²) in [7, 11) is 1.95. The molecule has 0 fully saturated rings. The molecular weight excluding hydrogens is 272 g/mol. The van der Waals surface area contributed by atoms with E-state index in [0.717, 1.165) is 22.9 Å². The van der Waals surface area contributed by atoms with Crippen LogP contribution in [0.4, 0.5) is 0 Å². The van der Waals surface area contributed by atoms with Crippen LogP contribution in [0, 0.1) is 5.92 Å². The van der Waals surface area contributed by atoms with E-state index < -0.39 is 15.1 Å². The molecule has 1 radical (unpaired) electrons. The molecule has 20 heavy (non-hydrogen) atoms. The molecule has 0 amide bonds. The lowest BCUT2D eigenvalue weighted by molar-refractivity contribution is -0.223. The summed E-state index contributed by atoms with van der Waals surface area (Å²) in [5.41, 5.74) is 1.06. The van der Waals surface area contributed by atoms with Crippen LogP contribution < -0.4 is 9.92 Å². The van der Waals surface area contributed by atoms with Gasteiger partial charge < -0.3 is 18.3 Å². The summed E-state index contributed by atoms with van der Waals surface area (Å²) < 4.78 is 22.8. The van der Waals surface area contributed by atoms with Gasteiger partial charge in [-0.05, 0) is 23.7 Å². The quantitative estimate of drug-likeness (QED) is 0.781. The normalized spacial score (nSPS) is 23.3. The number of hydrogen-bond donors (Lipinski definition) is 0. The third-order valence-electron chi connectivity index (χ3n) is 4.00. The molecule has 0 N–H and O–H groups in total. The Morgan fingerprint density at radius 1 is 1.35 bits per heavy atom. The third kappa shape index (κ3) is 2.91. The van der Waals surface area contributed by atoms with E-state index in [-0.39, 0.29) is 0 Å². The monoisotopic (exact) mass is 295 g/mol. The summed E-state index contributed by atoms with van der Waals surface area (Å²) in [6.07, 6.45) is 1.02. The fourth-order valence-electron chi connectivity index (χ4n) is 2.32. The Morgan fingerprint density at radius 2 is 2.05 bits per heavy atom. The van der Waals surface area contributed by atoms with Gasteiger partial charge in [0, 0.05) is 32.6 Å². The third-order valence-corrected chi connectivity index (χ3v) is 5.53. The molecule has 2 atom stereocenters. The van der Waals surface area contributed by atoms with Gasteiger partial charge in [0.05, 0.1) is 6.61 Å². The zero-order valence-corrected chi connectivity index (χ0v) is 13.9. The smallest absolute Gasteiger partial charge is 0.423 e. The van der Waals surface area contributed by atoms with E-state index in [1.54, 1.807) is 14.2 Å². The minimum atomic E-state index is -1.39. The summed E-state index contributed by atoms with van der Waals surface area (Å²) in [6.45, 7) is 6.87. The Labute approximate surface area is 122 Å². The molecule has 1 aliphatic rings. The summed E-state index contributed by atoms with van der Waals surface area (Å²) in [6, 6.07) is 6.08. The van der Waals surface area contributed by atoms with Crippen molar-refractivity contribution >= 4 is 14.5 Å². The molecule has 5 heteroatoms. The Morgan fingerprint density at radius 3 is 2.65 bits per heavy atom. The van der Waals surface area contributed by atoms with Crippen molar-refractivity contribution < 1.29 is 18.3 Å². The van der Waals surface area contributed by atoms with Crippen LogP contribution in [0.2, 0.25) is 0 Å². The molecule has 0 bridgehead atoms. The van der Waals surface area contributed by atoms with Crippen LogP contribution >= 0.6 is 0 Å². The number of hydrogen-bond acceptors (Lipinski definition) is 4. The highest BCUT2D eigenvalue weighted by molar-refractivity contribution is 6.61. The lowest BCUT2D eigenvalue weighted by Crippen LogP contribution is -2.45. The number of fused-ring (bicyclic) bond motifs is 1. The average Bonchev–Trinajstić information content (AvgIpc) is 2.47. The number of benzene rings is 1. The molecule has 0 aliphatic carbocycles. The maximum Gasteiger partial charge on any atom is 0.423 e. The van der Waals surface area contributed by atoms with Gasteiger partial charge in [-0.2, -0.15) is 0 Å². The van der Waals surface area contributed by atoms with Gasteiger partial charge in [0.25, 0.3) is 0 Å². The van der Waals surface area contributed by atoms with Gasteiger partial charge in [0.1, 0.15) is 5.75 Å². The van der Waals surface area contributed by atoms with Crippen molar-refractivity contribution in [3.63, 3.8) is 0 Å². The maximum atomic E-state index is 6.08. The molecule has 2 rings (SSSR count). The van der Waals surface area contributed by atoms with Crippen LogP contribution in [0.25, 0.3) is 0 Å². The first-order chi connectivity index (χ1) is 9.54. The molecule has 0 saturated carbocycles. The zero-order valence-electron chi connectivity index (χ0n) is 12.9. The molecule has 0 spiro atoms. The molecule has 1 aliphatic heterocycles. The second kappa shape index (κ2) is 6.26. The molecule has 1 aromatic rings. The second-order valence-corrected chi connectivity index (χ2v) is 7.20. The van der Waals surface area contributed by atoms with Crippen molar-refractivity contribution in [1.82, 2.24) is 0 Å². The van der Waals surface area contributed by atoms with Crippen LogP contribution in [-0.4, -0.2) is 29.3 Å². The lowest BCUT2D eigenvalue weighted by Gasteiger charge is -2.39. The van der Waals surface area contributed by atoms with Crippen LogP contribution in [0.3, 0.4) is 0 Å². The first-order valence-corrected chi connectivity index (χ1v) is 8.27. The molecular formula is C15H23O4Si. The molecule has 0 saturated heterocycles. The van der Waals surface area contributed by atoms with Crippen molar-refractivity contribution in [2.24, 2.45) is 5.92 Å². The summed E-state index contributed by atoms with van der Waals surface area (Å²) in [5.74, 6) is 0.698. The Bertz CT molecular complexity index is 461. The van der Waals surface area contributed by atoms with Gasteiger partial charge in [-0.15, -0.1) is 0 Å². The highest BCUT2D eigenvalue weighted by Crippen LogP contribution is 2.36. The molecule has 2 unspecified atom stereocenters. The van der Waals surface area contributed by atoms with E-state index in [0.29, 0.717) is 12.5 Å². The second-order valence-electron chi connectivity index (χ2n) is 5.23. The van der Waals surface area contributed by atoms with Gasteiger partial charge in [-0.25, -0.2) is 0 Å². The topological polar surface area (TPSA) is 36.9 Å². The summed E-state index contributed by atoms with van der Waals surface area (Å²) in [5, 5.41) is 1.07. The van der Waals surface area contributed by atoms with Crippen molar-refractivity contribution in [3.8, 4) is 5.75 Å². The number of rotatable bonds is 5. The highest BCUT2D eigenvalue weighted by Gasteiger charge is 2.37. The van der Waals surface area contributed by atoms with Crippen molar-refractivity contribution in [2.75, 3.05) is 14.2 Å². The lowest BCUT2D eigenvalue weighted by atomic mass is 9.98. The summed E-state index contributed by atoms with van der Waals surface area (Å²) >= 11 is 0. The van der Waals surface area contributed by atoms with Crippen molar-refractivity contribution in [2.45, 2.75) is 39.6 Å². The SMILES string of the molecule is CCC(C)C1(C)OCc2cc([Si](OC)OC)ccc2O1. The van der Waals surface area contributed by atoms with Crippen molar-refractivity contribution in [1.29, 1.82) is 0 Å². The van der Waals surface area contributed by atoms with Crippen molar-refractivity contribution in [3.05, 3.63) is 23.8 Å². The molecule has 4 nitrogen and oxygen atoms in total. The van der Waals surface area contributed by atoms with Crippen LogP contribution in [0.5, 0.6) is 5.75 Å². The minimum absolute atomic E-state index is 0.341. The van der Waals surface area contributed by atoms with Gasteiger partial charge in [-0.3, -0.25) is 0 Å². The Hall–Kier alpha value is -0.883. The fourth-order valence-corrected chi connectivity index (χ4v) is 3.47. The number of ether oxygens (including phenoxy) is 2. The largest absolute Gasteiger partial charge is 0.462 e. The predicted octanol–water partition coefficient (Wildman–Crippen LogP) is 2.35. The average molecular weight is 295 g/mol. The predicted molar refractivity (Wildman–Crippen MR) is 79.1 cm³/mol. The maximum absolute atomic E-state index is 6.08. The minimum Gasteiger partial charge on any atom is -0.462 e. The van der Waals surface area contributed by atoms with E-state index >= 15 is 0 Å². The van der Waals surface area contributed by atoms with E-state index in [1.165, 1.54) is 0 Å². The van der Waals surface area contributed by atoms with Gasteiger partial charge in [-0.1, -0.05) is 19.9 Å². The van der Waals surface area contributed by atoms with E-state index in [1.807, 2.05) is 19.1 Å². The molecule has 111 valence electrons. The molecule has 1 aromatic carbocycles. The van der Waals surface area contributed by atoms with Crippen LogP contribution in [-0.2, 0) is 20.2 Å². The van der Waals surface area contributed by atoms with Gasteiger partial charge in [0.2, 0.25) is 5.79 Å². The standard InChI is InChI=1S/C15H23O4Si/c1-6-11(2)15(3)18-10-12-9-13(20(16-4)17-5)7-8-14(12)19-15/h7-9,11H,6,10H2,1-5H3. The first-order valence-electron chi connectivity index (χ1n) is 6.95. The first kappa shape index (κ1) is 15.5. The van der Waals surface area contributed by atoms with E-state index in [4.69, 9.17) is 18.3 Å². The van der Waals surface area contributed by atoms with E-state index in [2.05, 4.69) is 19.9 Å². The summed E-state index contributed by atoms with van der Waals surface area (Å²) in [4.78, 5) is 0. The van der Waals surface area contributed by atoms with Gasteiger partial charge >= 0.3 is 9.28 Å². The zero-order chi connectivity index (χ0) is 14.8. The molecule has 1 heterocycles. The van der Waals surface area contributed by atoms with Gasteiger partial charge in [0.15, 0.2) is 0 Å². The highest BCUT2D eigenvalue weighted by atomic mass is 28.3. The Kier molecular flexibility index (Phi) is 4.85. The fraction of sp³-hybridized carbons (Fsp3) is 0.600. The Balaban J connectivity index is 2.23. The molecule has 0 aromatic heterocycles. The van der Waals surface area contributed by atoms with Crippen LogP contribution in [0.1, 0.15) is 32.8 Å². The van der Waals surface area contributed by atoms with E-state index in [9.17, 15) is 0 Å². The van der Waals surface area contributed by atoms with Crippen LogP contribution in [0.15, 0.2) is 18.2 Å².